The number of fused-ring (bicyclic) bond motifs is 5. The Bertz CT molecular complexity index is 2180. The second-order valence-corrected chi connectivity index (χ2v) is 21.9. The van der Waals surface area contributed by atoms with Gasteiger partial charge >= 0.3 is 151 Å². The molecule has 0 saturated heterocycles. The molecule has 3 heteroatoms. The van der Waals surface area contributed by atoms with Crippen molar-refractivity contribution in [2.45, 2.75) is 137 Å². The summed E-state index contributed by atoms with van der Waals surface area (Å²) in [5.41, 5.74) is 22.2. The topological polar surface area (TPSA) is 0 Å². The van der Waals surface area contributed by atoms with Gasteiger partial charge < -0.3 is 24.8 Å². The van der Waals surface area contributed by atoms with Crippen LogP contribution in [0.3, 0.4) is 0 Å². The van der Waals surface area contributed by atoms with Crippen molar-refractivity contribution in [3.8, 4) is 11.1 Å². The van der Waals surface area contributed by atoms with Gasteiger partial charge in [-0.15, -0.1) is 11.6 Å². The van der Waals surface area contributed by atoms with E-state index >= 15 is 0 Å². The molecule has 0 fully saturated rings. The van der Waals surface area contributed by atoms with Crippen molar-refractivity contribution in [2.24, 2.45) is 0 Å². The molecule has 0 heterocycles. The molecular formula is C55H64Cl2Zr-2. The van der Waals surface area contributed by atoms with E-state index in [0.29, 0.717) is 5.41 Å². The third kappa shape index (κ3) is 9.97. The minimum absolute atomic E-state index is 0. The number of benzene rings is 4. The average molecular weight is 887 g/mol. The van der Waals surface area contributed by atoms with E-state index in [1.54, 1.807) is 0 Å². The van der Waals surface area contributed by atoms with Crippen molar-refractivity contribution in [3.05, 3.63) is 170 Å². The number of allylic oxidation sites excluding steroid dienone is 4. The summed E-state index contributed by atoms with van der Waals surface area (Å²) >= 11 is 1.46. The normalized spacial score (nSPS) is 15.4. The monoisotopic (exact) mass is 884 g/mol. The van der Waals surface area contributed by atoms with Gasteiger partial charge in [0.1, 0.15) is 0 Å². The summed E-state index contributed by atoms with van der Waals surface area (Å²) in [5, 5.41) is 0. The first-order chi connectivity index (χ1) is 25.9. The fraction of sp³-hybridized carbons (Fsp3) is 0.382. The maximum Gasteiger partial charge on any atom is 0.00873 e. The predicted octanol–water partition coefficient (Wildman–Crippen LogP) is 8.56. The van der Waals surface area contributed by atoms with E-state index in [1.165, 1.54) is 111 Å². The van der Waals surface area contributed by atoms with Gasteiger partial charge in [0.05, 0.1) is 0 Å². The zero-order valence-corrected chi connectivity index (χ0v) is 41.7. The minimum atomic E-state index is 0. The first-order valence-electron chi connectivity index (χ1n) is 20.6. The maximum absolute atomic E-state index is 3.65. The molecule has 58 heavy (non-hydrogen) atoms. The SMILES string of the molecule is CC(C)(C)c1cc[cH-]c1.CC(C)(C)c1ccc([C](=[Zr+2])c2ccc(C(C)(C)C)cc2)cc1.CC1=[C-]C(C)(C)c2cc3c(cc21)-c1cc2c(cc1C3)C(C)(C)C=C2C.[Cl-].[Cl-]. The summed E-state index contributed by atoms with van der Waals surface area (Å²) in [4.78, 5) is 0. The molecule has 0 amide bonds. The van der Waals surface area contributed by atoms with E-state index < -0.39 is 0 Å². The van der Waals surface area contributed by atoms with Crippen LogP contribution >= 0.6 is 0 Å². The van der Waals surface area contributed by atoms with Gasteiger partial charge in [0.25, 0.3) is 0 Å². The molecule has 0 aromatic heterocycles. The summed E-state index contributed by atoms with van der Waals surface area (Å²) in [6.07, 6.45) is 7.13. The van der Waals surface area contributed by atoms with Crippen LogP contribution in [0.5, 0.6) is 0 Å². The third-order valence-corrected chi connectivity index (χ3v) is 13.5. The molecule has 0 radical (unpaired) electrons. The van der Waals surface area contributed by atoms with Crippen molar-refractivity contribution in [1.29, 1.82) is 0 Å². The molecule has 0 N–H and O–H groups in total. The van der Waals surface area contributed by atoms with Crippen LogP contribution in [0.1, 0.15) is 165 Å². The Balaban J connectivity index is 0.000000208. The Morgan fingerprint density at radius 3 is 1.45 bits per heavy atom. The zero-order valence-electron chi connectivity index (χ0n) is 37.8. The van der Waals surface area contributed by atoms with E-state index in [-0.39, 0.29) is 46.5 Å². The van der Waals surface area contributed by atoms with E-state index in [1.807, 2.05) is 0 Å². The second-order valence-electron chi connectivity index (χ2n) is 20.7. The standard InChI is InChI=1S/C25H25.C21H26.C9H13.2ClH.Zr/c1-14-12-24(3,4)22-8-16-7-17-9-23-19(15(2)13-25(23,5)6)11-21(17)20(16)10-18(14)22;1-20(2,3)18-11-7-16(8-12-18)15-17-9-13-19(14-10-17)21(4,5)6;1-9(2,3)8-6-4-5-7-8;;;/h8-12H,7H2,1-6H3;7-14H,1-6H3;4-7H,1-3H3;2*1H;/q-1;;-1;;;+2/p-2. The van der Waals surface area contributed by atoms with Crippen LogP contribution < -0.4 is 24.8 Å². The largest absolute Gasteiger partial charge is 1.00 e. The fourth-order valence-electron chi connectivity index (χ4n) is 8.59. The van der Waals surface area contributed by atoms with Crippen LogP contribution in [-0.4, -0.2) is 3.21 Å². The average Bonchev–Trinajstić information content (AvgIpc) is 3.87. The van der Waals surface area contributed by atoms with Crippen LogP contribution in [0, 0.1) is 6.08 Å². The summed E-state index contributed by atoms with van der Waals surface area (Å²) in [5.74, 6) is 0. The van der Waals surface area contributed by atoms with Crippen molar-refractivity contribution >= 4 is 14.4 Å². The minimum Gasteiger partial charge on any atom is -1.00 e. The summed E-state index contributed by atoms with van der Waals surface area (Å²) in [6, 6.07) is 36.4. The Labute approximate surface area is 379 Å². The predicted molar refractivity (Wildman–Crippen MR) is 241 cm³/mol. The van der Waals surface area contributed by atoms with Crippen molar-refractivity contribution < 1.29 is 49.0 Å². The van der Waals surface area contributed by atoms with Crippen LogP contribution in [0.15, 0.2) is 103 Å². The van der Waals surface area contributed by atoms with Crippen LogP contribution in [-0.2, 0) is 57.7 Å². The summed E-state index contributed by atoms with van der Waals surface area (Å²) in [7, 11) is 0. The van der Waals surface area contributed by atoms with Crippen LogP contribution in [0.2, 0.25) is 0 Å². The zero-order chi connectivity index (χ0) is 41.2. The Morgan fingerprint density at radius 1 is 0.586 bits per heavy atom. The molecule has 8 rings (SSSR count). The second kappa shape index (κ2) is 17.2. The molecule has 0 aliphatic heterocycles. The summed E-state index contributed by atoms with van der Waals surface area (Å²) < 4.78 is 1.42. The molecule has 0 saturated carbocycles. The molecular weight excluding hydrogens is 823 g/mol. The van der Waals surface area contributed by atoms with E-state index in [0.717, 1.165) is 6.42 Å². The van der Waals surface area contributed by atoms with Gasteiger partial charge in [0.2, 0.25) is 0 Å². The Kier molecular flexibility index (Phi) is 14.1. The Morgan fingerprint density at radius 2 is 1.03 bits per heavy atom. The smallest absolute Gasteiger partial charge is 0.00873 e. The van der Waals surface area contributed by atoms with Gasteiger partial charge in [-0.1, -0.05) is 84.4 Å². The number of hydrogen-bond acceptors (Lipinski definition) is 0. The van der Waals surface area contributed by atoms with Gasteiger partial charge in [0, 0.05) is 5.41 Å². The van der Waals surface area contributed by atoms with Gasteiger partial charge in [-0.3, -0.25) is 6.08 Å². The molecule has 0 bridgehead atoms. The van der Waals surface area contributed by atoms with Gasteiger partial charge in [0.15, 0.2) is 0 Å². The molecule has 5 aromatic rings. The third-order valence-electron chi connectivity index (χ3n) is 12.0. The number of rotatable bonds is 2. The van der Waals surface area contributed by atoms with Crippen molar-refractivity contribution in [3.63, 3.8) is 0 Å². The van der Waals surface area contributed by atoms with Crippen molar-refractivity contribution in [2.75, 3.05) is 0 Å². The molecule has 0 unspecified atom stereocenters. The Hall–Kier alpha value is -2.96. The summed E-state index contributed by atoms with van der Waals surface area (Å²) in [6.45, 7) is 33.9. The van der Waals surface area contributed by atoms with E-state index in [9.17, 15) is 0 Å². The first-order valence-corrected chi connectivity index (χ1v) is 21.8. The molecule has 5 aromatic carbocycles. The van der Waals surface area contributed by atoms with Crippen molar-refractivity contribution in [1.82, 2.24) is 0 Å². The van der Waals surface area contributed by atoms with Crippen LogP contribution in [0.25, 0.3) is 22.3 Å². The molecule has 0 atom stereocenters. The molecule has 3 aliphatic rings. The molecule has 3 aliphatic carbocycles. The molecule has 304 valence electrons. The van der Waals surface area contributed by atoms with Gasteiger partial charge in [-0.2, -0.15) is 29.3 Å². The first kappa shape index (κ1) is 47.7. The van der Waals surface area contributed by atoms with E-state index in [4.69, 9.17) is 0 Å². The number of halogens is 2. The quantitative estimate of drug-likeness (QED) is 0.153. The number of hydrogen-bond donors (Lipinski definition) is 0. The fourth-order valence-corrected chi connectivity index (χ4v) is 9.41. The van der Waals surface area contributed by atoms with Gasteiger partial charge in [-0.05, 0) is 58.4 Å². The maximum atomic E-state index is 3.65. The molecule has 0 spiro atoms. The van der Waals surface area contributed by atoms with Gasteiger partial charge in [-0.25, -0.2) is 11.6 Å². The van der Waals surface area contributed by atoms with Crippen LogP contribution in [0.4, 0.5) is 0 Å². The van der Waals surface area contributed by atoms with E-state index in [2.05, 4.69) is 213 Å². The molecule has 0 nitrogen and oxygen atoms in total.